The number of oxime groups is 1. The summed E-state index contributed by atoms with van der Waals surface area (Å²) in [6.07, 6.45) is 4.74. The summed E-state index contributed by atoms with van der Waals surface area (Å²) in [4.78, 5) is 9.89. The summed E-state index contributed by atoms with van der Waals surface area (Å²) < 4.78 is 7.44. The summed E-state index contributed by atoms with van der Waals surface area (Å²) in [6.45, 7) is 7.18. The molecule has 0 aliphatic carbocycles. The molecular formula is C17H23N5O2. The summed E-state index contributed by atoms with van der Waals surface area (Å²) in [6, 6.07) is 0.399. The Hall–Kier alpha value is -2.15. The summed E-state index contributed by atoms with van der Waals surface area (Å²) in [5.74, 6) is 0. The van der Waals surface area contributed by atoms with E-state index in [1.807, 2.05) is 17.8 Å². The number of nitrogens with zero attached hydrogens (tertiary/aromatic N) is 4. The van der Waals surface area contributed by atoms with Gasteiger partial charge in [0.2, 0.25) is 0 Å². The van der Waals surface area contributed by atoms with Crippen molar-refractivity contribution < 1.29 is 9.57 Å². The van der Waals surface area contributed by atoms with E-state index in [1.165, 1.54) is 0 Å². The number of rotatable bonds is 4. The van der Waals surface area contributed by atoms with Gasteiger partial charge in [0.25, 0.3) is 0 Å². The van der Waals surface area contributed by atoms with Crippen molar-refractivity contribution in [2.24, 2.45) is 5.16 Å². The fourth-order valence-corrected chi connectivity index (χ4v) is 3.45. The molecule has 2 aromatic heterocycles. The summed E-state index contributed by atoms with van der Waals surface area (Å²) in [7, 11) is 0. The van der Waals surface area contributed by atoms with Crippen LogP contribution in [0.2, 0.25) is 0 Å². The molecular weight excluding hydrogens is 306 g/mol. The highest BCUT2D eigenvalue weighted by Crippen LogP contribution is 2.32. The van der Waals surface area contributed by atoms with Gasteiger partial charge in [-0.3, -0.25) is 0 Å². The number of aromatic nitrogens is 3. The van der Waals surface area contributed by atoms with Gasteiger partial charge in [-0.2, -0.15) is 5.10 Å². The van der Waals surface area contributed by atoms with Crippen molar-refractivity contribution in [1.29, 1.82) is 0 Å². The zero-order chi connectivity index (χ0) is 16.5. The standard InChI is InChI=1S/C17H23N5O2/c1-3-22-17-15(11(2)20-22)16(19-12-4-7-23-8-5-12)13(10-18-17)14-6-9-24-21-14/h10,12H,3-9H2,1-2H3,(H,18,19). The molecule has 4 heterocycles. The molecule has 0 unspecified atom stereocenters. The van der Waals surface area contributed by atoms with Crippen LogP contribution < -0.4 is 5.32 Å². The molecule has 0 bridgehead atoms. The van der Waals surface area contributed by atoms with E-state index in [9.17, 15) is 0 Å². The molecule has 128 valence electrons. The van der Waals surface area contributed by atoms with Crippen molar-refractivity contribution in [3.63, 3.8) is 0 Å². The number of fused-ring (bicyclic) bond motifs is 1. The Morgan fingerprint density at radius 1 is 1.29 bits per heavy atom. The van der Waals surface area contributed by atoms with Gasteiger partial charge in [0.1, 0.15) is 6.61 Å². The van der Waals surface area contributed by atoms with Gasteiger partial charge in [-0.05, 0) is 26.7 Å². The highest BCUT2D eigenvalue weighted by molar-refractivity contribution is 6.11. The van der Waals surface area contributed by atoms with Crippen LogP contribution in [0.25, 0.3) is 11.0 Å². The zero-order valence-electron chi connectivity index (χ0n) is 14.2. The Labute approximate surface area is 141 Å². The third kappa shape index (κ3) is 2.62. The third-order valence-corrected chi connectivity index (χ3v) is 4.72. The van der Waals surface area contributed by atoms with E-state index < -0.39 is 0 Å². The average Bonchev–Trinajstić information content (AvgIpc) is 3.24. The Kier molecular flexibility index (Phi) is 4.10. The SMILES string of the molecule is CCn1nc(C)c2c(NC3CCOCC3)c(C3=NOCC3)cnc21. The van der Waals surface area contributed by atoms with Crippen LogP contribution in [0.4, 0.5) is 5.69 Å². The average molecular weight is 329 g/mol. The number of anilines is 1. The number of hydrogen-bond donors (Lipinski definition) is 1. The van der Waals surface area contributed by atoms with E-state index in [0.29, 0.717) is 12.6 Å². The molecule has 0 aromatic carbocycles. The first kappa shape index (κ1) is 15.4. The molecule has 0 amide bonds. The molecule has 1 fully saturated rings. The minimum absolute atomic E-state index is 0.399. The molecule has 4 rings (SSSR count). The number of hydrogen-bond acceptors (Lipinski definition) is 6. The lowest BCUT2D eigenvalue weighted by Gasteiger charge is -2.25. The fraction of sp³-hybridized carbons (Fsp3) is 0.588. The normalized spacial score (nSPS) is 18.7. The van der Waals surface area contributed by atoms with Gasteiger partial charge in [0, 0.05) is 44.0 Å². The largest absolute Gasteiger partial charge is 0.395 e. The topological polar surface area (TPSA) is 73.6 Å². The van der Waals surface area contributed by atoms with Crippen LogP contribution in [0, 0.1) is 6.92 Å². The van der Waals surface area contributed by atoms with Crippen LogP contribution in [-0.4, -0.2) is 46.3 Å². The van der Waals surface area contributed by atoms with Crippen LogP contribution in [0.3, 0.4) is 0 Å². The van der Waals surface area contributed by atoms with E-state index >= 15 is 0 Å². The van der Waals surface area contributed by atoms with Gasteiger partial charge in [-0.25, -0.2) is 9.67 Å². The van der Waals surface area contributed by atoms with Crippen LogP contribution in [0.1, 0.15) is 37.4 Å². The van der Waals surface area contributed by atoms with E-state index in [-0.39, 0.29) is 0 Å². The molecule has 2 aliphatic rings. The third-order valence-electron chi connectivity index (χ3n) is 4.72. The number of nitrogens with one attached hydrogen (secondary N) is 1. The minimum Gasteiger partial charge on any atom is -0.395 e. The van der Waals surface area contributed by atoms with Gasteiger partial charge < -0.3 is 14.9 Å². The maximum Gasteiger partial charge on any atom is 0.160 e. The van der Waals surface area contributed by atoms with Crippen LogP contribution in [0.5, 0.6) is 0 Å². The van der Waals surface area contributed by atoms with Gasteiger partial charge in [0.05, 0.1) is 22.5 Å². The van der Waals surface area contributed by atoms with Crippen LogP contribution >= 0.6 is 0 Å². The van der Waals surface area contributed by atoms with E-state index in [4.69, 9.17) is 9.57 Å². The van der Waals surface area contributed by atoms with Gasteiger partial charge in [-0.15, -0.1) is 0 Å². The first-order chi connectivity index (χ1) is 11.8. The molecule has 2 aliphatic heterocycles. The van der Waals surface area contributed by atoms with Crippen molar-refractivity contribution in [2.75, 3.05) is 25.1 Å². The lowest BCUT2D eigenvalue weighted by atomic mass is 10.0. The van der Waals surface area contributed by atoms with Crippen molar-refractivity contribution in [3.8, 4) is 0 Å². The van der Waals surface area contributed by atoms with Crippen molar-refractivity contribution in [1.82, 2.24) is 14.8 Å². The summed E-state index contributed by atoms with van der Waals surface area (Å²) in [5.41, 5.74) is 5.00. The van der Waals surface area contributed by atoms with Crippen molar-refractivity contribution in [3.05, 3.63) is 17.5 Å². The Balaban J connectivity index is 1.84. The van der Waals surface area contributed by atoms with Crippen LogP contribution in [-0.2, 0) is 16.1 Å². The molecule has 7 heteroatoms. The molecule has 7 nitrogen and oxygen atoms in total. The highest BCUT2D eigenvalue weighted by Gasteiger charge is 2.24. The van der Waals surface area contributed by atoms with E-state index in [1.54, 1.807) is 0 Å². The zero-order valence-corrected chi connectivity index (χ0v) is 14.2. The Bertz CT molecular complexity index is 777. The molecule has 24 heavy (non-hydrogen) atoms. The van der Waals surface area contributed by atoms with Gasteiger partial charge >= 0.3 is 0 Å². The molecule has 1 N–H and O–H groups in total. The summed E-state index contributed by atoms with van der Waals surface area (Å²) >= 11 is 0. The molecule has 0 radical (unpaired) electrons. The first-order valence-electron chi connectivity index (χ1n) is 8.67. The van der Waals surface area contributed by atoms with E-state index in [2.05, 4.69) is 27.5 Å². The maximum absolute atomic E-state index is 5.49. The second kappa shape index (κ2) is 6.39. The second-order valence-corrected chi connectivity index (χ2v) is 6.30. The fourth-order valence-electron chi connectivity index (χ4n) is 3.45. The predicted molar refractivity (Wildman–Crippen MR) is 92.5 cm³/mol. The lowest BCUT2D eigenvalue weighted by Crippen LogP contribution is -2.28. The van der Waals surface area contributed by atoms with Crippen molar-refractivity contribution in [2.45, 2.75) is 45.7 Å². The van der Waals surface area contributed by atoms with Crippen molar-refractivity contribution >= 4 is 22.4 Å². The minimum atomic E-state index is 0.399. The van der Waals surface area contributed by atoms with Gasteiger partial charge in [0.15, 0.2) is 5.65 Å². The number of ether oxygens (including phenoxy) is 1. The predicted octanol–water partition coefficient (Wildman–Crippen LogP) is 2.47. The Morgan fingerprint density at radius 2 is 2.12 bits per heavy atom. The molecule has 1 saturated heterocycles. The molecule has 2 aromatic rings. The first-order valence-corrected chi connectivity index (χ1v) is 8.67. The maximum atomic E-state index is 5.49. The number of aryl methyl sites for hydroxylation is 2. The number of pyridine rings is 1. The molecule has 0 saturated carbocycles. The highest BCUT2D eigenvalue weighted by atomic mass is 16.6. The smallest absolute Gasteiger partial charge is 0.160 e. The molecule has 0 atom stereocenters. The Morgan fingerprint density at radius 3 is 2.83 bits per heavy atom. The lowest BCUT2D eigenvalue weighted by molar-refractivity contribution is 0.0905. The van der Waals surface area contributed by atoms with E-state index in [0.717, 1.165) is 72.7 Å². The second-order valence-electron chi connectivity index (χ2n) is 6.30. The quantitative estimate of drug-likeness (QED) is 0.933. The monoisotopic (exact) mass is 329 g/mol. The van der Waals surface area contributed by atoms with Gasteiger partial charge in [-0.1, -0.05) is 5.16 Å². The molecule has 0 spiro atoms. The summed E-state index contributed by atoms with van der Waals surface area (Å²) in [5, 5.41) is 13.7. The van der Waals surface area contributed by atoms with Crippen LogP contribution in [0.15, 0.2) is 11.4 Å².